The van der Waals surface area contributed by atoms with Crippen LogP contribution in [-0.2, 0) is 0 Å². The molecule has 0 bridgehead atoms. The largest absolute Gasteiger partial charge is 0.378 e. The van der Waals surface area contributed by atoms with Crippen molar-refractivity contribution >= 4 is 5.69 Å². The fraction of sp³-hybridized carbons (Fsp3) is 0.600. The fourth-order valence-corrected chi connectivity index (χ4v) is 2.72. The van der Waals surface area contributed by atoms with Crippen molar-refractivity contribution in [3.8, 4) is 0 Å². The van der Waals surface area contributed by atoms with Crippen molar-refractivity contribution in [2.24, 2.45) is 5.73 Å². The highest BCUT2D eigenvalue weighted by molar-refractivity contribution is 5.46. The predicted molar refractivity (Wildman–Crippen MR) is 78.0 cm³/mol. The molecule has 1 aromatic rings. The van der Waals surface area contributed by atoms with E-state index in [4.69, 9.17) is 5.73 Å². The monoisotopic (exact) mass is 247 g/mol. The van der Waals surface area contributed by atoms with Gasteiger partial charge in [-0.1, -0.05) is 18.6 Å². The maximum absolute atomic E-state index is 5.98. The van der Waals surface area contributed by atoms with Crippen LogP contribution in [0.2, 0.25) is 0 Å². The Kier molecular flexibility index (Phi) is 4.61. The highest BCUT2D eigenvalue weighted by atomic mass is 15.2. The molecule has 1 aromatic carbocycles. The Morgan fingerprint density at radius 1 is 1.11 bits per heavy atom. The number of nitrogens with two attached hydrogens (primary N) is 1. The summed E-state index contributed by atoms with van der Waals surface area (Å²) in [5.74, 6) is 0. The third-order valence-electron chi connectivity index (χ3n) is 3.85. The van der Waals surface area contributed by atoms with Gasteiger partial charge in [0.1, 0.15) is 0 Å². The zero-order valence-electron chi connectivity index (χ0n) is 11.6. The second-order valence-corrected chi connectivity index (χ2v) is 5.33. The maximum atomic E-state index is 5.98. The Morgan fingerprint density at radius 2 is 1.72 bits per heavy atom. The Labute approximate surface area is 111 Å². The minimum absolute atomic E-state index is 0.390. The number of nitrogens with zero attached hydrogens (tertiary/aromatic N) is 2. The average Bonchev–Trinajstić information content (AvgIpc) is 2.41. The molecular formula is C15H25N3. The molecule has 0 saturated carbocycles. The molecule has 1 fully saturated rings. The van der Waals surface area contributed by atoms with Crippen LogP contribution in [0.5, 0.6) is 0 Å². The second kappa shape index (κ2) is 6.21. The van der Waals surface area contributed by atoms with E-state index < -0.39 is 0 Å². The normalized spacial score (nSPS) is 18.6. The molecule has 18 heavy (non-hydrogen) atoms. The maximum Gasteiger partial charge on any atom is 0.0470 e. The molecule has 100 valence electrons. The first-order valence-electron chi connectivity index (χ1n) is 6.94. The molecule has 3 heteroatoms. The number of rotatable bonds is 4. The van der Waals surface area contributed by atoms with E-state index in [0.717, 1.165) is 0 Å². The first-order valence-corrected chi connectivity index (χ1v) is 6.94. The molecule has 1 heterocycles. The third-order valence-corrected chi connectivity index (χ3v) is 3.85. The van der Waals surface area contributed by atoms with Gasteiger partial charge in [0.05, 0.1) is 0 Å². The van der Waals surface area contributed by atoms with Crippen molar-refractivity contribution in [3.63, 3.8) is 0 Å². The Morgan fingerprint density at radius 3 is 2.22 bits per heavy atom. The van der Waals surface area contributed by atoms with E-state index >= 15 is 0 Å². The minimum Gasteiger partial charge on any atom is -0.378 e. The van der Waals surface area contributed by atoms with E-state index in [1.165, 1.54) is 43.6 Å². The van der Waals surface area contributed by atoms with Crippen molar-refractivity contribution in [2.45, 2.75) is 25.3 Å². The molecule has 3 nitrogen and oxygen atoms in total. The van der Waals surface area contributed by atoms with E-state index in [-0.39, 0.29) is 0 Å². The molecule has 0 spiro atoms. The van der Waals surface area contributed by atoms with Crippen LogP contribution >= 0.6 is 0 Å². The van der Waals surface area contributed by atoms with Crippen molar-refractivity contribution in [1.82, 2.24) is 4.90 Å². The lowest BCUT2D eigenvalue weighted by Crippen LogP contribution is -2.37. The number of piperidine rings is 1. The van der Waals surface area contributed by atoms with Crippen LogP contribution in [0.4, 0.5) is 5.69 Å². The Bertz CT molecular complexity index is 353. The molecule has 2 N–H and O–H groups in total. The van der Waals surface area contributed by atoms with Crippen LogP contribution in [0, 0.1) is 0 Å². The summed E-state index contributed by atoms with van der Waals surface area (Å²) in [6, 6.07) is 9.20. The van der Waals surface area contributed by atoms with Gasteiger partial charge in [-0.3, -0.25) is 4.90 Å². The molecule has 1 aliphatic heterocycles. The van der Waals surface area contributed by atoms with Gasteiger partial charge in [-0.15, -0.1) is 0 Å². The zero-order chi connectivity index (χ0) is 13.0. The number of hydrogen-bond acceptors (Lipinski definition) is 3. The van der Waals surface area contributed by atoms with E-state index in [0.29, 0.717) is 12.6 Å². The molecule has 1 aliphatic rings. The van der Waals surface area contributed by atoms with Gasteiger partial charge >= 0.3 is 0 Å². The van der Waals surface area contributed by atoms with Gasteiger partial charge in [-0.05, 0) is 43.6 Å². The highest BCUT2D eigenvalue weighted by Crippen LogP contribution is 2.25. The van der Waals surface area contributed by atoms with Gasteiger partial charge in [0.25, 0.3) is 0 Å². The van der Waals surface area contributed by atoms with Crippen LogP contribution in [0.15, 0.2) is 24.3 Å². The Balaban J connectivity index is 2.11. The summed E-state index contributed by atoms with van der Waals surface area (Å²) in [5.41, 5.74) is 8.58. The van der Waals surface area contributed by atoms with Crippen molar-refractivity contribution in [2.75, 3.05) is 38.6 Å². The van der Waals surface area contributed by atoms with Crippen LogP contribution in [0.1, 0.15) is 30.9 Å². The first kappa shape index (κ1) is 13.4. The number of likely N-dealkylation sites (tertiary alicyclic amines) is 1. The number of benzene rings is 1. The number of hydrogen-bond donors (Lipinski definition) is 1. The van der Waals surface area contributed by atoms with Gasteiger partial charge in [0.15, 0.2) is 0 Å². The minimum atomic E-state index is 0.390. The standard InChI is InChI=1S/C15H25N3/c1-17(2)14-8-6-13(7-9-14)15(12-16)18-10-4-3-5-11-18/h6-9,15H,3-5,10-12,16H2,1-2H3/t15-/m0/s1. The summed E-state index contributed by atoms with van der Waals surface area (Å²) in [6.07, 6.45) is 3.99. The van der Waals surface area contributed by atoms with Gasteiger partial charge in [0, 0.05) is 32.4 Å². The zero-order valence-corrected chi connectivity index (χ0v) is 11.6. The summed E-state index contributed by atoms with van der Waals surface area (Å²) in [4.78, 5) is 4.66. The van der Waals surface area contributed by atoms with Gasteiger partial charge < -0.3 is 10.6 Å². The van der Waals surface area contributed by atoms with E-state index in [1.54, 1.807) is 0 Å². The first-order chi connectivity index (χ1) is 8.72. The summed E-state index contributed by atoms with van der Waals surface area (Å²) >= 11 is 0. The summed E-state index contributed by atoms with van der Waals surface area (Å²) < 4.78 is 0. The van der Waals surface area contributed by atoms with Crippen LogP contribution in [-0.4, -0.2) is 38.6 Å². The van der Waals surface area contributed by atoms with Crippen LogP contribution < -0.4 is 10.6 Å². The molecule has 1 saturated heterocycles. The molecule has 0 aliphatic carbocycles. The summed E-state index contributed by atoms with van der Waals surface area (Å²) in [5, 5.41) is 0. The second-order valence-electron chi connectivity index (χ2n) is 5.33. The average molecular weight is 247 g/mol. The SMILES string of the molecule is CN(C)c1ccc([C@H](CN)N2CCCCC2)cc1. The molecule has 1 atom stereocenters. The molecule has 0 aromatic heterocycles. The van der Waals surface area contributed by atoms with Crippen molar-refractivity contribution in [3.05, 3.63) is 29.8 Å². The molecule has 2 rings (SSSR count). The van der Waals surface area contributed by atoms with Crippen LogP contribution in [0.25, 0.3) is 0 Å². The molecule has 0 unspecified atom stereocenters. The number of anilines is 1. The lowest BCUT2D eigenvalue weighted by atomic mass is 10.0. The van der Waals surface area contributed by atoms with E-state index in [2.05, 4.69) is 48.2 Å². The molecule has 0 amide bonds. The van der Waals surface area contributed by atoms with E-state index in [1.807, 2.05) is 0 Å². The van der Waals surface area contributed by atoms with Gasteiger partial charge in [0.2, 0.25) is 0 Å². The van der Waals surface area contributed by atoms with Crippen LogP contribution in [0.3, 0.4) is 0 Å². The van der Waals surface area contributed by atoms with E-state index in [9.17, 15) is 0 Å². The summed E-state index contributed by atoms with van der Waals surface area (Å²) in [6.45, 7) is 3.09. The fourth-order valence-electron chi connectivity index (χ4n) is 2.72. The Hall–Kier alpha value is -1.06. The smallest absolute Gasteiger partial charge is 0.0470 e. The van der Waals surface area contributed by atoms with Crippen molar-refractivity contribution in [1.29, 1.82) is 0 Å². The van der Waals surface area contributed by atoms with Crippen molar-refractivity contribution < 1.29 is 0 Å². The molecular weight excluding hydrogens is 222 g/mol. The topological polar surface area (TPSA) is 32.5 Å². The van der Waals surface area contributed by atoms with Gasteiger partial charge in [-0.25, -0.2) is 0 Å². The molecule has 0 radical (unpaired) electrons. The quantitative estimate of drug-likeness (QED) is 0.885. The predicted octanol–water partition coefficient (Wildman–Crippen LogP) is 2.24. The lowest BCUT2D eigenvalue weighted by molar-refractivity contribution is 0.167. The summed E-state index contributed by atoms with van der Waals surface area (Å²) in [7, 11) is 4.14. The third kappa shape index (κ3) is 3.03. The van der Waals surface area contributed by atoms with Gasteiger partial charge in [-0.2, -0.15) is 0 Å². The highest BCUT2D eigenvalue weighted by Gasteiger charge is 2.20. The lowest BCUT2D eigenvalue weighted by Gasteiger charge is -2.34.